The molecule has 2 amide bonds. The number of methoxy groups -OCH3 is 1. The Kier molecular flexibility index (Phi) is 5.55. The van der Waals surface area contributed by atoms with Crippen LogP contribution >= 0.6 is 0 Å². The van der Waals surface area contributed by atoms with Gasteiger partial charge >= 0.3 is 0 Å². The van der Waals surface area contributed by atoms with Gasteiger partial charge in [-0.05, 0) is 49.9 Å². The number of amides is 2. The van der Waals surface area contributed by atoms with Crippen LogP contribution in [0.15, 0.2) is 18.2 Å². The average molecular weight is 304 g/mol. The summed E-state index contributed by atoms with van der Waals surface area (Å²) in [4.78, 5) is 26.0. The molecule has 2 rings (SSSR count). The molecule has 0 spiro atoms. The smallest absolute Gasteiger partial charge is 0.251 e. The molecule has 5 heteroatoms. The molecule has 1 aliphatic heterocycles. The van der Waals surface area contributed by atoms with Crippen LogP contribution in [-0.4, -0.2) is 49.6 Å². The van der Waals surface area contributed by atoms with Gasteiger partial charge in [0.15, 0.2) is 0 Å². The van der Waals surface area contributed by atoms with E-state index in [-0.39, 0.29) is 24.5 Å². The molecule has 1 aromatic rings. The maximum absolute atomic E-state index is 12.1. The van der Waals surface area contributed by atoms with Gasteiger partial charge in [-0.2, -0.15) is 0 Å². The molecular weight excluding hydrogens is 280 g/mol. The minimum atomic E-state index is -0.205. The molecule has 0 aliphatic carbocycles. The van der Waals surface area contributed by atoms with Crippen LogP contribution in [0, 0.1) is 13.8 Å². The molecule has 0 unspecified atom stereocenters. The van der Waals surface area contributed by atoms with Crippen molar-refractivity contribution in [3.63, 3.8) is 0 Å². The van der Waals surface area contributed by atoms with Crippen LogP contribution < -0.4 is 5.32 Å². The number of likely N-dealkylation sites (tertiary alicyclic amines) is 1. The lowest BCUT2D eigenvalue weighted by Crippen LogP contribution is -2.45. The molecule has 1 saturated heterocycles. The van der Waals surface area contributed by atoms with Crippen molar-refractivity contribution in [3.8, 4) is 0 Å². The monoisotopic (exact) mass is 304 g/mol. The minimum Gasteiger partial charge on any atom is -0.381 e. The molecule has 22 heavy (non-hydrogen) atoms. The zero-order chi connectivity index (χ0) is 16.1. The quantitative estimate of drug-likeness (QED) is 0.920. The molecule has 1 aromatic carbocycles. The Hall–Kier alpha value is -1.88. The Labute approximate surface area is 131 Å². The number of rotatable bonds is 4. The van der Waals surface area contributed by atoms with Crippen LogP contribution in [0.3, 0.4) is 0 Å². The SMILES string of the molecule is COC1CCN(C(=O)CNC(=O)c2ccc(C)c(C)c2)CC1. The Bertz CT molecular complexity index is 549. The highest BCUT2D eigenvalue weighted by Crippen LogP contribution is 2.13. The summed E-state index contributed by atoms with van der Waals surface area (Å²) >= 11 is 0. The number of hydrogen-bond acceptors (Lipinski definition) is 3. The number of piperidine rings is 1. The van der Waals surface area contributed by atoms with E-state index in [9.17, 15) is 9.59 Å². The Balaban J connectivity index is 1.83. The molecule has 1 fully saturated rings. The number of aryl methyl sites for hydroxylation is 2. The molecule has 0 atom stereocenters. The van der Waals surface area contributed by atoms with Gasteiger partial charge < -0.3 is 15.0 Å². The van der Waals surface area contributed by atoms with Crippen LogP contribution in [0.4, 0.5) is 0 Å². The van der Waals surface area contributed by atoms with Crippen LogP contribution in [0.25, 0.3) is 0 Å². The van der Waals surface area contributed by atoms with Crippen molar-refractivity contribution in [2.75, 3.05) is 26.7 Å². The van der Waals surface area contributed by atoms with E-state index in [2.05, 4.69) is 5.32 Å². The van der Waals surface area contributed by atoms with Crippen LogP contribution in [0.1, 0.15) is 34.3 Å². The number of carbonyl (C=O) groups excluding carboxylic acids is 2. The standard InChI is InChI=1S/C17H24N2O3/c1-12-4-5-14(10-13(12)2)17(21)18-11-16(20)19-8-6-15(22-3)7-9-19/h4-5,10,15H,6-9,11H2,1-3H3,(H,18,21). The molecule has 0 bridgehead atoms. The van der Waals surface area contributed by atoms with Crippen molar-refractivity contribution in [2.45, 2.75) is 32.8 Å². The van der Waals surface area contributed by atoms with E-state index in [0.717, 1.165) is 24.0 Å². The third kappa shape index (κ3) is 4.07. The van der Waals surface area contributed by atoms with E-state index in [4.69, 9.17) is 4.74 Å². The van der Waals surface area contributed by atoms with Crippen LogP contribution in [-0.2, 0) is 9.53 Å². The van der Waals surface area contributed by atoms with Gasteiger partial charge in [-0.3, -0.25) is 9.59 Å². The van der Waals surface area contributed by atoms with E-state index >= 15 is 0 Å². The predicted molar refractivity (Wildman–Crippen MR) is 84.9 cm³/mol. The van der Waals surface area contributed by atoms with Gasteiger partial charge in [-0.1, -0.05) is 6.07 Å². The first-order valence-corrected chi connectivity index (χ1v) is 7.67. The van der Waals surface area contributed by atoms with Gasteiger partial charge in [0.05, 0.1) is 12.6 Å². The van der Waals surface area contributed by atoms with Crippen molar-refractivity contribution in [3.05, 3.63) is 34.9 Å². The fraction of sp³-hybridized carbons (Fsp3) is 0.529. The third-order valence-electron chi connectivity index (χ3n) is 4.30. The number of ether oxygens (including phenoxy) is 1. The Morgan fingerprint density at radius 3 is 2.50 bits per heavy atom. The highest BCUT2D eigenvalue weighted by molar-refractivity contribution is 5.96. The molecule has 1 heterocycles. The highest BCUT2D eigenvalue weighted by atomic mass is 16.5. The lowest BCUT2D eigenvalue weighted by Gasteiger charge is -2.31. The van der Waals surface area contributed by atoms with Crippen molar-refractivity contribution < 1.29 is 14.3 Å². The first kappa shape index (κ1) is 16.5. The average Bonchev–Trinajstić information content (AvgIpc) is 2.54. The molecular formula is C17H24N2O3. The largest absolute Gasteiger partial charge is 0.381 e. The Morgan fingerprint density at radius 1 is 1.23 bits per heavy atom. The van der Waals surface area contributed by atoms with Gasteiger partial charge in [0, 0.05) is 25.8 Å². The number of benzene rings is 1. The number of nitrogens with zero attached hydrogens (tertiary/aromatic N) is 1. The third-order valence-corrected chi connectivity index (χ3v) is 4.30. The molecule has 1 N–H and O–H groups in total. The number of carbonyl (C=O) groups is 2. The topological polar surface area (TPSA) is 58.6 Å². The molecule has 120 valence electrons. The van der Waals surface area contributed by atoms with E-state index in [1.807, 2.05) is 26.0 Å². The summed E-state index contributed by atoms with van der Waals surface area (Å²) in [6.07, 6.45) is 1.95. The first-order chi connectivity index (χ1) is 10.5. The summed E-state index contributed by atoms with van der Waals surface area (Å²) in [5, 5.41) is 2.71. The summed E-state index contributed by atoms with van der Waals surface area (Å²) in [7, 11) is 1.70. The molecule has 1 aliphatic rings. The number of hydrogen-bond donors (Lipinski definition) is 1. The van der Waals surface area contributed by atoms with Crippen molar-refractivity contribution in [2.24, 2.45) is 0 Å². The van der Waals surface area contributed by atoms with Gasteiger partial charge in [0.25, 0.3) is 5.91 Å². The van der Waals surface area contributed by atoms with Gasteiger partial charge in [-0.15, -0.1) is 0 Å². The van der Waals surface area contributed by atoms with Crippen molar-refractivity contribution in [1.29, 1.82) is 0 Å². The molecule has 0 saturated carbocycles. The highest BCUT2D eigenvalue weighted by Gasteiger charge is 2.22. The van der Waals surface area contributed by atoms with Crippen LogP contribution in [0.5, 0.6) is 0 Å². The number of nitrogens with one attached hydrogen (secondary N) is 1. The van der Waals surface area contributed by atoms with Crippen molar-refractivity contribution >= 4 is 11.8 Å². The minimum absolute atomic E-state index is 0.0354. The Morgan fingerprint density at radius 2 is 1.91 bits per heavy atom. The lowest BCUT2D eigenvalue weighted by molar-refractivity contribution is -0.132. The summed E-state index contributed by atoms with van der Waals surface area (Å²) in [6, 6.07) is 5.55. The van der Waals surface area contributed by atoms with Crippen molar-refractivity contribution in [1.82, 2.24) is 10.2 Å². The first-order valence-electron chi connectivity index (χ1n) is 7.67. The normalized spacial score (nSPS) is 15.7. The van der Waals surface area contributed by atoms with E-state index < -0.39 is 0 Å². The zero-order valence-corrected chi connectivity index (χ0v) is 13.5. The second kappa shape index (κ2) is 7.40. The summed E-state index contributed by atoms with van der Waals surface area (Å²) < 4.78 is 5.29. The zero-order valence-electron chi connectivity index (χ0n) is 13.5. The summed E-state index contributed by atoms with van der Waals surface area (Å²) in [6.45, 7) is 5.40. The predicted octanol–water partition coefficient (Wildman–Crippen LogP) is 1.67. The molecule has 0 radical (unpaired) electrons. The molecule has 5 nitrogen and oxygen atoms in total. The fourth-order valence-electron chi connectivity index (χ4n) is 2.59. The van der Waals surface area contributed by atoms with Gasteiger partial charge in [0.1, 0.15) is 0 Å². The lowest BCUT2D eigenvalue weighted by atomic mass is 10.1. The second-order valence-electron chi connectivity index (χ2n) is 5.80. The van der Waals surface area contributed by atoms with E-state index in [1.54, 1.807) is 18.1 Å². The molecule has 0 aromatic heterocycles. The van der Waals surface area contributed by atoms with Crippen LogP contribution in [0.2, 0.25) is 0 Å². The van der Waals surface area contributed by atoms with Gasteiger partial charge in [0.2, 0.25) is 5.91 Å². The fourth-order valence-corrected chi connectivity index (χ4v) is 2.59. The maximum Gasteiger partial charge on any atom is 0.251 e. The maximum atomic E-state index is 12.1. The summed E-state index contributed by atoms with van der Waals surface area (Å²) in [5.41, 5.74) is 2.81. The second-order valence-corrected chi connectivity index (χ2v) is 5.80. The van der Waals surface area contributed by atoms with Gasteiger partial charge in [-0.25, -0.2) is 0 Å². The van der Waals surface area contributed by atoms with E-state index in [0.29, 0.717) is 18.7 Å². The summed E-state index contributed by atoms with van der Waals surface area (Å²) in [5.74, 6) is -0.241. The van der Waals surface area contributed by atoms with E-state index in [1.165, 1.54) is 0 Å².